The first-order valence-electron chi connectivity index (χ1n) is 6.07. The summed E-state index contributed by atoms with van der Waals surface area (Å²) >= 11 is 3.41. The van der Waals surface area contributed by atoms with Crippen LogP contribution in [0.3, 0.4) is 0 Å². The van der Waals surface area contributed by atoms with Crippen LogP contribution in [0.25, 0.3) is 0 Å². The molecule has 1 unspecified atom stereocenters. The largest absolute Gasteiger partial charge is 0.444 e. The van der Waals surface area contributed by atoms with Crippen LogP contribution in [0.4, 0.5) is 4.79 Å². The maximum atomic E-state index is 12.0. The van der Waals surface area contributed by atoms with E-state index in [1.165, 1.54) is 0 Å². The molecule has 1 fully saturated rings. The quantitative estimate of drug-likeness (QED) is 0.753. The van der Waals surface area contributed by atoms with Crippen LogP contribution in [-0.2, 0) is 9.47 Å². The van der Waals surface area contributed by atoms with E-state index >= 15 is 0 Å². The molecule has 4 nitrogen and oxygen atoms in total. The van der Waals surface area contributed by atoms with Crippen LogP contribution in [0.15, 0.2) is 0 Å². The van der Waals surface area contributed by atoms with E-state index in [4.69, 9.17) is 9.47 Å². The third-order valence-electron chi connectivity index (χ3n) is 2.53. The lowest BCUT2D eigenvalue weighted by atomic mass is 10.1. The SMILES string of the molecule is CC(C)(C)OC(=O)N1CCOCC1CCCBr. The highest BCUT2D eigenvalue weighted by atomic mass is 79.9. The van der Waals surface area contributed by atoms with E-state index in [1.807, 2.05) is 20.8 Å². The molecule has 1 heterocycles. The molecule has 1 amide bonds. The highest BCUT2D eigenvalue weighted by Crippen LogP contribution is 2.17. The minimum Gasteiger partial charge on any atom is -0.444 e. The molecule has 0 radical (unpaired) electrons. The molecular weight excluding hydrogens is 286 g/mol. The van der Waals surface area contributed by atoms with Gasteiger partial charge in [0.1, 0.15) is 5.60 Å². The zero-order valence-electron chi connectivity index (χ0n) is 10.9. The number of carbonyl (C=O) groups excluding carboxylic acids is 1. The van der Waals surface area contributed by atoms with Gasteiger partial charge < -0.3 is 14.4 Å². The minimum absolute atomic E-state index is 0.149. The molecular formula is C12H22BrNO3. The van der Waals surface area contributed by atoms with Gasteiger partial charge in [0.05, 0.1) is 19.3 Å². The van der Waals surface area contributed by atoms with Crippen molar-refractivity contribution in [2.45, 2.75) is 45.3 Å². The fourth-order valence-electron chi connectivity index (χ4n) is 1.77. The van der Waals surface area contributed by atoms with Crippen molar-refractivity contribution in [1.29, 1.82) is 0 Å². The van der Waals surface area contributed by atoms with Gasteiger partial charge in [-0.25, -0.2) is 4.79 Å². The molecule has 0 aromatic heterocycles. The van der Waals surface area contributed by atoms with Crippen LogP contribution in [0.2, 0.25) is 0 Å². The molecule has 1 atom stereocenters. The maximum absolute atomic E-state index is 12.0. The molecule has 5 heteroatoms. The Balaban J connectivity index is 2.54. The summed E-state index contributed by atoms with van der Waals surface area (Å²) in [4.78, 5) is 13.8. The summed E-state index contributed by atoms with van der Waals surface area (Å²) in [6.45, 7) is 7.51. The van der Waals surface area contributed by atoms with E-state index < -0.39 is 5.60 Å². The second-order valence-corrected chi connectivity index (χ2v) is 6.03. The molecule has 1 aliphatic heterocycles. The molecule has 1 aliphatic rings. The number of carbonyl (C=O) groups is 1. The second kappa shape index (κ2) is 6.59. The first-order chi connectivity index (χ1) is 7.94. The number of morpholine rings is 1. The number of halogens is 1. The predicted molar refractivity (Wildman–Crippen MR) is 70.6 cm³/mol. The Kier molecular flexibility index (Phi) is 5.73. The number of rotatable bonds is 3. The van der Waals surface area contributed by atoms with E-state index in [0.717, 1.165) is 18.2 Å². The normalized spacial score (nSPS) is 21.4. The lowest BCUT2D eigenvalue weighted by molar-refractivity contribution is -0.0339. The number of amides is 1. The van der Waals surface area contributed by atoms with E-state index in [9.17, 15) is 4.79 Å². The Bertz CT molecular complexity index is 253. The summed E-state index contributed by atoms with van der Waals surface area (Å²) in [7, 11) is 0. The van der Waals surface area contributed by atoms with Gasteiger partial charge in [0.15, 0.2) is 0 Å². The summed E-state index contributed by atoms with van der Waals surface area (Å²) in [6.07, 6.45) is 1.76. The van der Waals surface area contributed by atoms with Crippen LogP contribution in [0.5, 0.6) is 0 Å². The summed E-state index contributed by atoms with van der Waals surface area (Å²) in [5.41, 5.74) is -0.435. The van der Waals surface area contributed by atoms with Crippen molar-refractivity contribution in [2.75, 3.05) is 25.1 Å². The Morgan fingerprint density at radius 2 is 2.24 bits per heavy atom. The predicted octanol–water partition coefficient (Wildman–Crippen LogP) is 2.80. The van der Waals surface area contributed by atoms with Gasteiger partial charge in [0.25, 0.3) is 0 Å². The molecule has 17 heavy (non-hydrogen) atoms. The third kappa shape index (κ3) is 5.25. The molecule has 0 aromatic rings. The fourth-order valence-corrected chi connectivity index (χ4v) is 2.09. The molecule has 0 aromatic carbocycles. The fraction of sp³-hybridized carbons (Fsp3) is 0.917. The summed E-state index contributed by atoms with van der Waals surface area (Å²) < 4.78 is 10.8. The zero-order valence-corrected chi connectivity index (χ0v) is 12.5. The average Bonchev–Trinajstić information content (AvgIpc) is 2.24. The van der Waals surface area contributed by atoms with Gasteiger partial charge in [-0.2, -0.15) is 0 Å². The van der Waals surface area contributed by atoms with Crippen LogP contribution in [0, 0.1) is 0 Å². The van der Waals surface area contributed by atoms with Crippen molar-refractivity contribution >= 4 is 22.0 Å². The van der Waals surface area contributed by atoms with Gasteiger partial charge in [-0.1, -0.05) is 15.9 Å². The standard InChI is InChI=1S/C12H22BrNO3/c1-12(2,3)17-11(15)14-7-8-16-9-10(14)5-4-6-13/h10H,4-9H2,1-3H3. The molecule has 0 bridgehead atoms. The average molecular weight is 308 g/mol. The van der Waals surface area contributed by atoms with Crippen molar-refractivity contribution in [1.82, 2.24) is 4.90 Å². The monoisotopic (exact) mass is 307 g/mol. The van der Waals surface area contributed by atoms with Crippen LogP contribution < -0.4 is 0 Å². The van der Waals surface area contributed by atoms with Gasteiger partial charge in [-0.05, 0) is 33.6 Å². The van der Waals surface area contributed by atoms with Gasteiger partial charge in [-0.15, -0.1) is 0 Å². The van der Waals surface area contributed by atoms with Gasteiger partial charge >= 0.3 is 6.09 Å². The van der Waals surface area contributed by atoms with Crippen molar-refractivity contribution in [3.63, 3.8) is 0 Å². The molecule has 0 aliphatic carbocycles. The molecule has 1 saturated heterocycles. The summed E-state index contributed by atoms with van der Waals surface area (Å²) in [6, 6.07) is 0.149. The van der Waals surface area contributed by atoms with Crippen molar-refractivity contribution in [3.8, 4) is 0 Å². The third-order valence-corrected chi connectivity index (χ3v) is 3.09. The zero-order chi connectivity index (χ0) is 12.9. The number of alkyl halides is 1. The van der Waals surface area contributed by atoms with E-state index in [0.29, 0.717) is 19.8 Å². The van der Waals surface area contributed by atoms with Gasteiger partial charge in [0.2, 0.25) is 0 Å². The second-order valence-electron chi connectivity index (χ2n) is 5.23. The molecule has 0 N–H and O–H groups in total. The van der Waals surface area contributed by atoms with Crippen LogP contribution in [0.1, 0.15) is 33.6 Å². The molecule has 100 valence electrons. The maximum Gasteiger partial charge on any atom is 0.410 e. The number of nitrogens with zero attached hydrogens (tertiary/aromatic N) is 1. The minimum atomic E-state index is -0.435. The van der Waals surface area contributed by atoms with Crippen LogP contribution >= 0.6 is 15.9 Å². The van der Waals surface area contributed by atoms with E-state index in [1.54, 1.807) is 4.90 Å². The number of hydrogen-bond acceptors (Lipinski definition) is 3. The Morgan fingerprint density at radius 3 is 2.82 bits per heavy atom. The van der Waals surface area contributed by atoms with Gasteiger partial charge in [-0.3, -0.25) is 0 Å². The topological polar surface area (TPSA) is 38.8 Å². The number of hydrogen-bond donors (Lipinski definition) is 0. The van der Waals surface area contributed by atoms with Crippen molar-refractivity contribution in [2.24, 2.45) is 0 Å². The number of ether oxygens (including phenoxy) is 2. The first-order valence-corrected chi connectivity index (χ1v) is 7.19. The van der Waals surface area contributed by atoms with E-state index in [2.05, 4.69) is 15.9 Å². The van der Waals surface area contributed by atoms with Crippen molar-refractivity contribution < 1.29 is 14.3 Å². The first kappa shape index (κ1) is 14.8. The lowest BCUT2D eigenvalue weighted by Gasteiger charge is -2.36. The lowest BCUT2D eigenvalue weighted by Crippen LogP contribution is -2.50. The van der Waals surface area contributed by atoms with Crippen LogP contribution in [-0.4, -0.2) is 47.7 Å². The Morgan fingerprint density at radius 1 is 1.53 bits per heavy atom. The summed E-state index contributed by atoms with van der Waals surface area (Å²) in [5.74, 6) is 0. The molecule has 1 rings (SSSR count). The highest BCUT2D eigenvalue weighted by molar-refractivity contribution is 9.09. The highest BCUT2D eigenvalue weighted by Gasteiger charge is 2.30. The summed E-state index contributed by atoms with van der Waals surface area (Å²) in [5, 5.41) is 0.950. The molecule has 0 saturated carbocycles. The smallest absolute Gasteiger partial charge is 0.410 e. The van der Waals surface area contributed by atoms with Crippen molar-refractivity contribution in [3.05, 3.63) is 0 Å². The van der Waals surface area contributed by atoms with E-state index in [-0.39, 0.29) is 12.1 Å². The Hall–Kier alpha value is -0.290. The molecule has 0 spiro atoms. The van der Waals surface area contributed by atoms with Gasteiger partial charge in [0, 0.05) is 11.9 Å². The Labute approximate surface area is 112 Å².